The van der Waals surface area contributed by atoms with Gasteiger partial charge in [-0.3, -0.25) is 0 Å². The molecule has 20 aromatic carbocycles. The molecule has 8 aliphatic rings. The summed E-state index contributed by atoms with van der Waals surface area (Å²) in [4.78, 5) is 9.49. The summed E-state index contributed by atoms with van der Waals surface area (Å²) in [5, 5.41) is 0. The first-order valence-corrected chi connectivity index (χ1v) is 46.1. The van der Waals surface area contributed by atoms with Crippen LogP contribution in [0.15, 0.2) is 473 Å². The van der Waals surface area contributed by atoms with Gasteiger partial charge in [0.25, 0.3) is 26.9 Å². The zero-order chi connectivity index (χ0) is 88.9. The third-order valence-corrected chi connectivity index (χ3v) is 27.4. The van der Waals surface area contributed by atoms with Crippen molar-refractivity contribution in [3.63, 3.8) is 0 Å². The number of aryl methyl sites for hydroxylation is 2. The molecule has 8 aliphatic heterocycles. The molecule has 134 heavy (non-hydrogen) atoms. The SMILES string of the molecule is Cc1ccc(N2c3ccc(C)cc3B3c4ccccc4Oc4cccc2c43)cc1.c1ccc(-c2ccc(N3c4ccc(-c5ccccc5)cc4B4c5ccccc5Oc5cccc3c54)cc2)cc1.c1ccc(-c2ccc3c(c2)B2c4ccccc4N(c4ccccc4)c4cccc(c42)O3)cc1.c1ccc(-c2ccc3c(c2)Oc2cccc4c2B3c2ccccc2N4c2ccccc2)cc1. The first-order valence-electron chi connectivity index (χ1n) is 46.1. The first-order chi connectivity index (χ1) is 66.3. The van der Waals surface area contributed by atoms with Crippen molar-refractivity contribution >= 4 is 161 Å². The molecule has 0 radical (unpaired) electrons. The van der Waals surface area contributed by atoms with Gasteiger partial charge in [-0.05, 0) is 270 Å². The van der Waals surface area contributed by atoms with Crippen molar-refractivity contribution in [2.24, 2.45) is 0 Å². The average molecular weight is 1710 g/mol. The summed E-state index contributed by atoms with van der Waals surface area (Å²) in [7, 11) is 0. The number of hydrogen-bond donors (Lipinski definition) is 0. The number of rotatable bonds is 8. The largest absolute Gasteiger partial charge is 0.458 e. The van der Waals surface area contributed by atoms with Gasteiger partial charge in [0, 0.05) is 68.2 Å². The molecule has 0 spiro atoms. The van der Waals surface area contributed by atoms with E-state index in [1.807, 2.05) is 12.1 Å². The van der Waals surface area contributed by atoms with Gasteiger partial charge in [0.2, 0.25) is 0 Å². The molecule has 0 atom stereocenters. The van der Waals surface area contributed by atoms with Crippen LogP contribution in [0.4, 0.5) is 68.2 Å². The van der Waals surface area contributed by atoms with Gasteiger partial charge in [-0.1, -0.05) is 339 Å². The van der Waals surface area contributed by atoms with Crippen LogP contribution >= 0.6 is 0 Å². The predicted octanol–water partition coefficient (Wildman–Crippen LogP) is 23.7. The van der Waals surface area contributed by atoms with Crippen LogP contribution in [-0.4, -0.2) is 26.9 Å². The smallest absolute Gasteiger partial charge is 0.256 e. The minimum atomic E-state index is 0.0969. The molecular formula is C122H84B4N4O4. The van der Waals surface area contributed by atoms with Gasteiger partial charge in [-0.15, -0.1) is 0 Å². The maximum absolute atomic E-state index is 6.56. The van der Waals surface area contributed by atoms with Crippen LogP contribution < -0.4 is 104 Å². The molecule has 0 unspecified atom stereocenters. The maximum atomic E-state index is 6.56. The Morgan fingerprint density at radius 3 is 0.858 bits per heavy atom. The van der Waals surface area contributed by atoms with E-state index >= 15 is 0 Å². The molecule has 0 fully saturated rings. The van der Waals surface area contributed by atoms with E-state index in [0.717, 1.165) is 63.1 Å². The third-order valence-electron chi connectivity index (χ3n) is 27.4. The van der Waals surface area contributed by atoms with Crippen LogP contribution in [-0.2, 0) is 0 Å². The summed E-state index contributed by atoms with van der Waals surface area (Å²) in [5.41, 5.74) is 41.5. The Morgan fingerprint density at radius 1 is 0.149 bits per heavy atom. The second-order valence-electron chi connectivity index (χ2n) is 35.3. The van der Waals surface area contributed by atoms with Crippen molar-refractivity contribution in [1.82, 2.24) is 0 Å². The van der Waals surface area contributed by atoms with Crippen molar-refractivity contribution in [3.05, 3.63) is 484 Å². The lowest BCUT2D eigenvalue weighted by molar-refractivity contribution is 0.487. The Morgan fingerprint density at radius 2 is 0.410 bits per heavy atom. The molecule has 28 rings (SSSR count). The minimum Gasteiger partial charge on any atom is -0.458 e. The zero-order valence-electron chi connectivity index (χ0n) is 73.8. The number of ether oxygens (including phenoxy) is 4. The Kier molecular flexibility index (Phi) is 19.6. The summed E-state index contributed by atoms with van der Waals surface area (Å²) >= 11 is 0. The molecule has 0 saturated heterocycles. The normalized spacial score (nSPS) is 13.0. The van der Waals surface area contributed by atoms with Crippen LogP contribution in [0.25, 0.3) is 44.5 Å². The zero-order valence-corrected chi connectivity index (χ0v) is 73.8. The van der Waals surface area contributed by atoms with E-state index in [9.17, 15) is 0 Å². The molecule has 0 aliphatic carbocycles. The highest BCUT2D eigenvalue weighted by molar-refractivity contribution is 7.01. The molecule has 12 heteroatoms. The van der Waals surface area contributed by atoms with Crippen molar-refractivity contribution in [2.75, 3.05) is 19.6 Å². The summed E-state index contributed by atoms with van der Waals surface area (Å²) in [6.07, 6.45) is 0. The van der Waals surface area contributed by atoms with E-state index in [2.05, 4.69) is 494 Å². The van der Waals surface area contributed by atoms with E-state index in [1.165, 1.54) is 172 Å². The number of hydrogen-bond acceptors (Lipinski definition) is 8. The Labute approximate surface area is 782 Å². The van der Waals surface area contributed by atoms with Crippen molar-refractivity contribution in [1.29, 1.82) is 0 Å². The van der Waals surface area contributed by atoms with Gasteiger partial charge in [0.15, 0.2) is 0 Å². The second-order valence-corrected chi connectivity index (χ2v) is 35.3. The van der Waals surface area contributed by atoms with Crippen LogP contribution in [0.1, 0.15) is 11.1 Å². The van der Waals surface area contributed by atoms with Gasteiger partial charge in [0.1, 0.15) is 46.0 Å². The highest BCUT2D eigenvalue weighted by atomic mass is 16.5. The maximum Gasteiger partial charge on any atom is 0.256 e. The molecular weight excluding hydrogens is 1630 g/mol. The summed E-state index contributed by atoms with van der Waals surface area (Å²) in [6, 6.07) is 168. The highest BCUT2D eigenvalue weighted by Gasteiger charge is 2.47. The van der Waals surface area contributed by atoms with Gasteiger partial charge >= 0.3 is 0 Å². The van der Waals surface area contributed by atoms with Crippen LogP contribution in [0, 0.1) is 13.8 Å². The monoisotopic (exact) mass is 1710 g/mol. The summed E-state index contributed by atoms with van der Waals surface area (Å²) < 4.78 is 25.9. The van der Waals surface area contributed by atoms with Gasteiger partial charge in [-0.25, -0.2) is 0 Å². The van der Waals surface area contributed by atoms with Crippen molar-refractivity contribution in [2.45, 2.75) is 13.8 Å². The molecule has 0 bridgehead atoms. The van der Waals surface area contributed by atoms with E-state index in [4.69, 9.17) is 18.9 Å². The quantitative estimate of drug-likeness (QED) is 0.140. The molecule has 20 aromatic rings. The number of para-hydroxylation sites is 6. The number of fused-ring (bicyclic) bond motifs is 16. The Bertz CT molecular complexity index is 7950. The molecule has 8 nitrogen and oxygen atoms in total. The molecule has 8 heterocycles. The van der Waals surface area contributed by atoms with E-state index in [-0.39, 0.29) is 26.9 Å². The lowest BCUT2D eigenvalue weighted by Crippen LogP contribution is -2.59. The highest BCUT2D eigenvalue weighted by Crippen LogP contribution is 2.48. The first kappa shape index (κ1) is 79.2. The Hall–Kier alpha value is -16.9. The van der Waals surface area contributed by atoms with Crippen LogP contribution in [0.3, 0.4) is 0 Å². The molecule has 0 amide bonds. The van der Waals surface area contributed by atoms with E-state index < -0.39 is 0 Å². The molecule has 0 N–H and O–H groups in total. The topological polar surface area (TPSA) is 49.9 Å². The van der Waals surface area contributed by atoms with Crippen LogP contribution in [0.2, 0.25) is 0 Å². The fraction of sp³-hybridized carbons (Fsp3) is 0.0164. The number of nitrogens with zero attached hydrogens (tertiary/aromatic N) is 4. The van der Waals surface area contributed by atoms with Gasteiger partial charge < -0.3 is 38.5 Å². The molecule has 0 saturated carbocycles. The number of benzene rings is 20. The third kappa shape index (κ3) is 13.7. The van der Waals surface area contributed by atoms with Crippen LogP contribution in [0.5, 0.6) is 46.0 Å². The van der Waals surface area contributed by atoms with Crippen molar-refractivity contribution in [3.8, 4) is 90.5 Å². The van der Waals surface area contributed by atoms with Gasteiger partial charge in [0.05, 0.1) is 0 Å². The average Bonchev–Trinajstić information content (AvgIpc) is 0.725. The fourth-order valence-electron chi connectivity index (χ4n) is 21.5. The van der Waals surface area contributed by atoms with E-state index in [0.29, 0.717) is 0 Å². The summed E-state index contributed by atoms with van der Waals surface area (Å²) in [6.45, 7) is 4.84. The lowest BCUT2D eigenvalue weighted by atomic mass is 9.34. The fourth-order valence-corrected chi connectivity index (χ4v) is 21.5. The predicted molar refractivity (Wildman–Crippen MR) is 560 cm³/mol. The standard InChI is InChI=1S/C36H24BNO.2C30H20BNO.C26H20BNO/c1-3-10-25(11-4-1)27-18-21-29(22-19-27)38-32-23-20-28(26-12-5-2-6-13-26)24-31(32)37-30-14-7-8-16-34(30)39-35-17-9-15-33(38)36(35)37;1-3-10-21(11-4-1)22-18-19-28-25(20-22)31-24-14-7-8-15-26(24)32(23-12-5-2-6-13-23)27-16-9-17-29(33-28)30(27)31;1-3-10-21(11-4-1)22-18-19-25-29(20-22)33-28-17-9-16-27-30(28)31(25)24-14-7-8-15-26(24)32(27)23-12-5-2-6-13-23;1-17-10-13-19(14-11-17)28-22-15-12-18(2)16-21(22)27-20-6-3-4-8-24(20)29-25-9-5-7-23(28)26(25)27/h1-24H;2*1-20H;3-16H,1-2H3. The van der Waals surface area contributed by atoms with Crippen molar-refractivity contribution < 1.29 is 18.9 Å². The summed E-state index contributed by atoms with van der Waals surface area (Å²) in [5.74, 6) is 7.52. The number of anilines is 12. The lowest BCUT2D eigenvalue weighted by Gasteiger charge is -2.40. The second kappa shape index (κ2) is 33.2. The molecule has 0 aromatic heterocycles. The van der Waals surface area contributed by atoms with Gasteiger partial charge in [-0.2, -0.15) is 0 Å². The molecule has 628 valence electrons. The van der Waals surface area contributed by atoms with E-state index in [1.54, 1.807) is 0 Å². The minimum absolute atomic E-state index is 0.0969. The Balaban J connectivity index is 0.0000000960.